The molecule has 142 valence electrons. The third kappa shape index (κ3) is 3.21. The monoisotopic (exact) mass is 386 g/mol. The molecular formula is C20H22N2O4S. The first-order valence-electron chi connectivity index (χ1n) is 9.02. The Balaban J connectivity index is 1.77. The number of rotatable bonds is 2. The average Bonchev–Trinajstić information content (AvgIpc) is 2.69. The summed E-state index contributed by atoms with van der Waals surface area (Å²) >= 11 is 0. The Morgan fingerprint density at radius 3 is 2.41 bits per heavy atom. The molecule has 1 fully saturated rings. The molecule has 0 bridgehead atoms. The van der Waals surface area contributed by atoms with Crippen LogP contribution in [0.2, 0.25) is 0 Å². The number of carbonyl (C=O) groups is 1. The third-order valence-electron chi connectivity index (χ3n) is 5.13. The molecule has 2 aliphatic heterocycles. The van der Waals surface area contributed by atoms with Gasteiger partial charge in [0, 0.05) is 25.3 Å². The van der Waals surface area contributed by atoms with Gasteiger partial charge < -0.3 is 14.5 Å². The average molecular weight is 386 g/mol. The maximum Gasteiger partial charge on any atom is 0.243 e. The van der Waals surface area contributed by atoms with E-state index in [0.717, 1.165) is 11.3 Å². The Bertz CT molecular complexity index is 950. The third-order valence-corrected chi connectivity index (χ3v) is 7.19. The lowest BCUT2D eigenvalue weighted by atomic mass is 10.1. The van der Waals surface area contributed by atoms with Gasteiger partial charge in [0.2, 0.25) is 5.91 Å². The molecule has 27 heavy (non-hydrogen) atoms. The van der Waals surface area contributed by atoms with Crippen LogP contribution in [0.3, 0.4) is 0 Å². The number of sulfone groups is 1. The van der Waals surface area contributed by atoms with Crippen molar-refractivity contribution < 1.29 is 17.9 Å². The molecule has 0 radical (unpaired) electrons. The fourth-order valence-electron chi connectivity index (χ4n) is 3.60. The van der Waals surface area contributed by atoms with E-state index >= 15 is 0 Å². The molecule has 6 nitrogen and oxygen atoms in total. The lowest BCUT2D eigenvalue weighted by Gasteiger charge is -2.38. The molecule has 1 amide bonds. The number of hydrogen-bond acceptors (Lipinski definition) is 5. The molecule has 0 spiro atoms. The summed E-state index contributed by atoms with van der Waals surface area (Å²) < 4.78 is 31.7. The second kappa shape index (κ2) is 6.98. The molecule has 1 atom stereocenters. The zero-order valence-electron chi connectivity index (χ0n) is 15.2. The first-order chi connectivity index (χ1) is 13.0. The molecule has 2 heterocycles. The number of hydrogen-bond donors (Lipinski definition) is 0. The summed E-state index contributed by atoms with van der Waals surface area (Å²) in [5.41, 5.74) is 2.62. The Labute approximate surface area is 159 Å². The molecule has 0 aromatic heterocycles. The van der Waals surface area contributed by atoms with Gasteiger partial charge in [-0.2, -0.15) is 0 Å². The van der Waals surface area contributed by atoms with E-state index in [1.54, 1.807) is 23.1 Å². The summed E-state index contributed by atoms with van der Waals surface area (Å²) in [7, 11) is -3.75. The zero-order valence-corrected chi connectivity index (χ0v) is 16.0. The van der Waals surface area contributed by atoms with E-state index in [4.69, 9.17) is 4.74 Å². The van der Waals surface area contributed by atoms with Crippen LogP contribution in [0.5, 0.6) is 0 Å². The molecule has 0 saturated carbocycles. The number of anilines is 2. The van der Waals surface area contributed by atoms with Crippen LogP contribution in [-0.2, 0) is 19.4 Å². The van der Waals surface area contributed by atoms with Gasteiger partial charge >= 0.3 is 0 Å². The molecule has 1 unspecified atom stereocenters. The number of aryl methyl sites for hydroxylation is 1. The fourth-order valence-corrected chi connectivity index (χ4v) is 5.41. The van der Waals surface area contributed by atoms with Gasteiger partial charge in [0.25, 0.3) is 0 Å². The van der Waals surface area contributed by atoms with E-state index < -0.39 is 15.1 Å². The number of carbonyl (C=O) groups excluding carboxylic acids is 1. The van der Waals surface area contributed by atoms with Gasteiger partial charge in [0.15, 0.2) is 15.1 Å². The van der Waals surface area contributed by atoms with Crippen molar-refractivity contribution in [2.45, 2.75) is 17.1 Å². The molecule has 4 rings (SSSR count). The van der Waals surface area contributed by atoms with Gasteiger partial charge in [-0.3, -0.25) is 4.79 Å². The number of fused-ring (bicyclic) bond motifs is 1. The van der Waals surface area contributed by atoms with Gasteiger partial charge in [0.1, 0.15) is 0 Å². The van der Waals surface area contributed by atoms with E-state index in [1.165, 1.54) is 0 Å². The highest BCUT2D eigenvalue weighted by atomic mass is 32.2. The van der Waals surface area contributed by atoms with Gasteiger partial charge in [0.05, 0.1) is 23.8 Å². The maximum atomic E-state index is 13.2. The van der Waals surface area contributed by atoms with Crippen LogP contribution < -0.4 is 4.90 Å². The quantitative estimate of drug-likeness (QED) is 0.791. The first-order valence-corrected chi connectivity index (χ1v) is 10.6. The van der Waals surface area contributed by atoms with E-state index in [1.807, 2.05) is 42.2 Å². The van der Waals surface area contributed by atoms with E-state index in [2.05, 4.69) is 0 Å². The Morgan fingerprint density at radius 2 is 1.70 bits per heavy atom. The number of amides is 1. The molecule has 0 N–H and O–H groups in total. The molecular weight excluding hydrogens is 364 g/mol. The van der Waals surface area contributed by atoms with Crippen molar-refractivity contribution in [3.05, 3.63) is 54.1 Å². The molecule has 2 aliphatic rings. The fraction of sp³-hybridized carbons (Fsp3) is 0.350. The normalized spacial score (nSPS) is 21.6. The number of benzene rings is 2. The summed E-state index contributed by atoms with van der Waals surface area (Å²) in [6, 6.07) is 14.8. The number of morpholine rings is 1. The maximum absolute atomic E-state index is 13.2. The SMILES string of the molecule is Cc1ccc(N2CC(C(=O)N3CCOCC3)S(=O)(=O)c3ccccc32)cc1. The summed E-state index contributed by atoms with van der Waals surface area (Å²) in [5, 5.41) is -1.12. The van der Waals surface area contributed by atoms with Crippen LogP contribution in [0, 0.1) is 6.92 Å². The summed E-state index contributed by atoms with van der Waals surface area (Å²) in [4.78, 5) is 16.8. The smallest absolute Gasteiger partial charge is 0.243 e. The van der Waals surface area contributed by atoms with Gasteiger partial charge in [-0.05, 0) is 31.2 Å². The van der Waals surface area contributed by atoms with Crippen LogP contribution >= 0.6 is 0 Å². The minimum absolute atomic E-state index is 0.110. The summed E-state index contributed by atoms with van der Waals surface area (Å²) in [6.45, 7) is 3.85. The van der Waals surface area contributed by atoms with Gasteiger partial charge in [-0.25, -0.2) is 8.42 Å². The highest BCUT2D eigenvalue weighted by molar-refractivity contribution is 7.93. The topological polar surface area (TPSA) is 66.9 Å². The molecule has 2 aromatic carbocycles. The standard InChI is InChI=1S/C20H22N2O4S/c1-15-6-8-16(9-7-15)22-14-19(20(23)21-10-12-26-13-11-21)27(24,25)18-5-3-2-4-17(18)22/h2-9,19H,10-14H2,1H3. The molecule has 7 heteroatoms. The number of para-hydroxylation sites is 1. The van der Waals surface area contributed by atoms with Crippen molar-refractivity contribution in [2.75, 3.05) is 37.7 Å². The van der Waals surface area contributed by atoms with Crippen molar-refractivity contribution in [1.82, 2.24) is 4.90 Å². The lowest BCUT2D eigenvalue weighted by molar-refractivity contribution is -0.134. The minimum atomic E-state index is -3.75. The Hall–Kier alpha value is -2.38. The van der Waals surface area contributed by atoms with Gasteiger partial charge in [-0.15, -0.1) is 0 Å². The van der Waals surface area contributed by atoms with Gasteiger partial charge in [-0.1, -0.05) is 29.8 Å². The number of ether oxygens (including phenoxy) is 1. The second-order valence-corrected chi connectivity index (χ2v) is 8.98. The Morgan fingerprint density at radius 1 is 1.04 bits per heavy atom. The predicted molar refractivity (Wildman–Crippen MR) is 103 cm³/mol. The number of nitrogens with zero attached hydrogens (tertiary/aromatic N) is 2. The van der Waals surface area contributed by atoms with Crippen molar-refractivity contribution in [2.24, 2.45) is 0 Å². The molecule has 0 aliphatic carbocycles. The van der Waals surface area contributed by atoms with Crippen LogP contribution in [-0.4, -0.2) is 57.3 Å². The predicted octanol–water partition coefficient (Wildman–Crippen LogP) is 2.15. The zero-order chi connectivity index (χ0) is 19.0. The van der Waals surface area contributed by atoms with E-state index in [0.29, 0.717) is 32.0 Å². The highest BCUT2D eigenvalue weighted by Gasteiger charge is 2.44. The van der Waals surface area contributed by atoms with Crippen molar-refractivity contribution in [3.8, 4) is 0 Å². The molecule has 1 saturated heterocycles. The van der Waals surface area contributed by atoms with Crippen LogP contribution in [0.4, 0.5) is 11.4 Å². The highest BCUT2D eigenvalue weighted by Crippen LogP contribution is 2.38. The first kappa shape index (κ1) is 18.0. The lowest BCUT2D eigenvalue weighted by Crippen LogP contribution is -2.53. The van der Waals surface area contributed by atoms with Crippen molar-refractivity contribution in [1.29, 1.82) is 0 Å². The Kier molecular flexibility index (Phi) is 4.65. The minimum Gasteiger partial charge on any atom is -0.378 e. The van der Waals surface area contributed by atoms with Crippen LogP contribution in [0.25, 0.3) is 0 Å². The van der Waals surface area contributed by atoms with Crippen LogP contribution in [0.15, 0.2) is 53.4 Å². The summed E-state index contributed by atoms with van der Waals surface area (Å²) in [6.07, 6.45) is 0. The summed E-state index contributed by atoms with van der Waals surface area (Å²) in [5.74, 6) is -0.343. The van der Waals surface area contributed by atoms with E-state index in [-0.39, 0.29) is 17.3 Å². The second-order valence-electron chi connectivity index (χ2n) is 6.89. The largest absolute Gasteiger partial charge is 0.378 e. The van der Waals surface area contributed by atoms with Crippen molar-refractivity contribution >= 4 is 27.1 Å². The van der Waals surface area contributed by atoms with Crippen LogP contribution in [0.1, 0.15) is 5.56 Å². The van der Waals surface area contributed by atoms with E-state index in [9.17, 15) is 13.2 Å². The molecule has 2 aromatic rings. The van der Waals surface area contributed by atoms with Crippen molar-refractivity contribution in [3.63, 3.8) is 0 Å².